The predicted octanol–water partition coefficient (Wildman–Crippen LogP) is 4.39. The average Bonchev–Trinajstić information content (AvgIpc) is 2.54. The highest BCUT2D eigenvalue weighted by Gasteiger charge is 2.30. The molecule has 0 N–H and O–H groups in total. The molecule has 0 fully saturated rings. The molecule has 1 aromatic heterocycles. The molecule has 3 rings (SSSR count). The molecule has 120 valence electrons. The molecule has 0 amide bonds. The smallest absolute Gasteiger partial charge is 0.303 e. The van der Waals surface area contributed by atoms with Crippen molar-refractivity contribution in [2.75, 3.05) is 0 Å². The minimum Gasteiger partial charge on any atom is -0.303 e. The van der Waals surface area contributed by atoms with E-state index in [0.29, 0.717) is 5.69 Å². The molecule has 0 atom stereocenters. The van der Waals surface area contributed by atoms with Gasteiger partial charge in [-0.3, -0.25) is 4.98 Å². The standard InChI is InChI=1S/C18H16F3NO/c19-18(20,21)13-7-5-12(6-8-13)16-11-14(9-10-23)22-17-4-2-1-3-15(16)17/h5-8,10-11H,1-4,9H2. The maximum Gasteiger partial charge on any atom is 0.416 e. The van der Waals surface area contributed by atoms with E-state index in [1.165, 1.54) is 12.1 Å². The van der Waals surface area contributed by atoms with Crippen molar-refractivity contribution in [2.24, 2.45) is 0 Å². The Morgan fingerprint density at radius 2 is 1.78 bits per heavy atom. The van der Waals surface area contributed by atoms with Crippen LogP contribution in [0.3, 0.4) is 0 Å². The molecule has 0 saturated heterocycles. The highest BCUT2D eigenvalue weighted by atomic mass is 19.4. The van der Waals surface area contributed by atoms with Gasteiger partial charge in [0.15, 0.2) is 0 Å². The number of aromatic nitrogens is 1. The van der Waals surface area contributed by atoms with E-state index >= 15 is 0 Å². The summed E-state index contributed by atoms with van der Waals surface area (Å²) in [4.78, 5) is 15.3. The largest absolute Gasteiger partial charge is 0.416 e. The maximum atomic E-state index is 12.7. The van der Waals surface area contributed by atoms with Gasteiger partial charge in [-0.25, -0.2) is 0 Å². The zero-order valence-electron chi connectivity index (χ0n) is 12.5. The summed E-state index contributed by atoms with van der Waals surface area (Å²) in [6.45, 7) is 0. The summed E-state index contributed by atoms with van der Waals surface area (Å²) in [6.07, 6.45) is 0.524. The van der Waals surface area contributed by atoms with Crippen LogP contribution in [0, 0.1) is 0 Å². The van der Waals surface area contributed by atoms with Crippen molar-refractivity contribution in [1.29, 1.82) is 0 Å². The van der Waals surface area contributed by atoms with Gasteiger partial charge in [0.1, 0.15) is 6.29 Å². The zero-order valence-corrected chi connectivity index (χ0v) is 12.5. The van der Waals surface area contributed by atoms with Gasteiger partial charge in [0.2, 0.25) is 0 Å². The fourth-order valence-electron chi connectivity index (χ4n) is 3.05. The third-order valence-electron chi connectivity index (χ3n) is 4.17. The molecular formula is C18H16F3NO. The second-order valence-electron chi connectivity index (χ2n) is 5.74. The highest BCUT2D eigenvalue weighted by Crippen LogP contribution is 2.34. The topological polar surface area (TPSA) is 30.0 Å². The van der Waals surface area contributed by atoms with Crippen molar-refractivity contribution >= 4 is 6.29 Å². The summed E-state index contributed by atoms with van der Waals surface area (Å²) < 4.78 is 38.1. The molecule has 1 aromatic carbocycles. The van der Waals surface area contributed by atoms with Gasteiger partial charge in [0.05, 0.1) is 5.56 Å². The van der Waals surface area contributed by atoms with E-state index < -0.39 is 11.7 Å². The van der Waals surface area contributed by atoms with E-state index in [-0.39, 0.29) is 6.42 Å². The number of pyridine rings is 1. The summed E-state index contributed by atoms with van der Waals surface area (Å²) >= 11 is 0. The second kappa shape index (κ2) is 6.14. The fraction of sp³-hybridized carbons (Fsp3) is 0.333. The number of hydrogen-bond acceptors (Lipinski definition) is 2. The summed E-state index contributed by atoms with van der Waals surface area (Å²) in [5, 5.41) is 0. The highest BCUT2D eigenvalue weighted by molar-refractivity contribution is 5.70. The molecule has 0 bridgehead atoms. The summed E-state index contributed by atoms with van der Waals surface area (Å²) in [6, 6.07) is 7.03. The number of carbonyl (C=O) groups is 1. The zero-order chi connectivity index (χ0) is 16.4. The number of carbonyl (C=O) groups excluding carboxylic acids is 1. The number of halogens is 3. The first-order valence-electron chi connectivity index (χ1n) is 7.62. The quantitative estimate of drug-likeness (QED) is 0.786. The van der Waals surface area contributed by atoms with Crippen LogP contribution in [0.2, 0.25) is 0 Å². The Kier molecular flexibility index (Phi) is 4.20. The lowest BCUT2D eigenvalue weighted by Gasteiger charge is -2.20. The number of alkyl halides is 3. The van der Waals surface area contributed by atoms with E-state index in [4.69, 9.17) is 0 Å². The number of rotatable bonds is 3. The van der Waals surface area contributed by atoms with E-state index in [1.807, 2.05) is 6.07 Å². The molecule has 2 aromatic rings. The molecule has 0 spiro atoms. The molecule has 1 aliphatic rings. The lowest BCUT2D eigenvalue weighted by Crippen LogP contribution is -2.10. The monoisotopic (exact) mass is 319 g/mol. The van der Waals surface area contributed by atoms with E-state index in [1.54, 1.807) is 0 Å². The van der Waals surface area contributed by atoms with Gasteiger partial charge in [0.25, 0.3) is 0 Å². The lowest BCUT2D eigenvalue weighted by molar-refractivity contribution is -0.137. The Labute approximate surface area is 132 Å². The summed E-state index contributed by atoms with van der Waals surface area (Å²) in [7, 11) is 0. The van der Waals surface area contributed by atoms with Crippen molar-refractivity contribution in [1.82, 2.24) is 4.98 Å². The number of fused-ring (bicyclic) bond motifs is 1. The Hall–Kier alpha value is -2.17. The number of hydrogen-bond donors (Lipinski definition) is 0. The Morgan fingerprint density at radius 3 is 2.43 bits per heavy atom. The van der Waals surface area contributed by atoms with Gasteiger partial charge in [-0.15, -0.1) is 0 Å². The van der Waals surface area contributed by atoms with Crippen LogP contribution in [0.1, 0.15) is 35.4 Å². The van der Waals surface area contributed by atoms with Crippen LogP contribution >= 0.6 is 0 Å². The number of aryl methyl sites for hydroxylation is 1. The van der Waals surface area contributed by atoms with Crippen molar-refractivity contribution < 1.29 is 18.0 Å². The molecule has 0 saturated carbocycles. The molecule has 5 heteroatoms. The maximum absolute atomic E-state index is 12.7. The first kappa shape index (κ1) is 15.7. The lowest BCUT2D eigenvalue weighted by atomic mass is 9.88. The minimum atomic E-state index is -4.33. The molecule has 2 nitrogen and oxygen atoms in total. The molecule has 0 radical (unpaired) electrons. The predicted molar refractivity (Wildman–Crippen MR) is 81.1 cm³/mol. The van der Waals surface area contributed by atoms with Gasteiger partial charge in [0, 0.05) is 17.8 Å². The van der Waals surface area contributed by atoms with Crippen LogP contribution in [0.15, 0.2) is 30.3 Å². The molecular weight excluding hydrogens is 303 g/mol. The summed E-state index contributed by atoms with van der Waals surface area (Å²) in [5.41, 5.74) is 3.75. The molecule has 0 aliphatic heterocycles. The Balaban J connectivity index is 2.07. The average molecular weight is 319 g/mol. The van der Waals surface area contributed by atoms with Crippen LogP contribution in [0.5, 0.6) is 0 Å². The first-order chi connectivity index (χ1) is 11.0. The Morgan fingerprint density at radius 1 is 1.09 bits per heavy atom. The first-order valence-corrected chi connectivity index (χ1v) is 7.62. The third kappa shape index (κ3) is 3.28. The van der Waals surface area contributed by atoms with E-state index in [0.717, 1.165) is 66.5 Å². The number of nitrogens with zero attached hydrogens (tertiary/aromatic N) is 1. The molecule has 23 heavy (non-hydrogen) atoms. The van der Waals surface area contributed by atoms with E-state index in [9.17, 15) is 18.0 Å². The number of aldehydes is 1. The fourth-order valence-corrected chi connectivity index (χ4v) is 3.05. The van der Waals surface area contributed by atoms with Gasteiger partial charge < -0.3 is 4.79 Å². The van der Waals surface area contributed by atoms with Gasteiger partial charge in [-0.2, -0.15) is 13.2 Å². The van der Waals surface area contributed by atoms with E-state index in [2.05, 4.69) is 4.98 Å². The van der Waals surface area contributed by atoms with Gasteiger partial charge in [-0.1, -0.05) is 12.1 Å². The van der Waals surface area contributed by atoms with Crippen molar-refractivity contribution in [2.45, 2.75) is 38.3 Å². The van der Waals surface area contributed by atoms with Crippen LogP contribution in [-0.2, 0) is 30.2 Å². The third-order valence-corrected chi connectivity index (χ3v) is 4.17. The van der Waals surface area contributed by atoms with Crippen molar-refractivity contribution in [3.05, 3.63) is 52.8 Å². The van der Waals surface area contributed by atoms with Crippen molar-refractivity contribution in [3.63, 3.8) is 0 Å². The molecule has 1 aliphatic carbocycles. The van der Waals surface area contributed by atoms with Crippen LogP contribution in [-0.4, -0.2) is 11.3 Å². The Bertz CT molecular complexity index is 720. The second-order valence-corrected chi connectivity index (χ2v) is 5.74. The summed E-state index contributed by atoms with van der Waals surface area (Å²) in [5.74, 6) is 0. The molecule has 0 unspecified atom stereocenters. The van der Waals surface area contributed by atoms with Crippen LogP contribution in [0.25, 0.3) is 11.1 Å². The normalized spacial score (nSPS) is 14.4. The van der Waals surface area contributed by atoms with Crippen LogP contribution < -0.4 is 0 Å². The number of benzene rings is 1. The van der Waals surface area contributed by atoms with Crippen molar-refractivity contribution in [3.8, 4) is 11.1 Å². The minimum absolute atomic E-state index is 0.223. The van der Waals surface area contributed by atoms with Crippen LogP contribution in [0.4, 0.5) is 13.2 Å². The SMILES string of the molecule is O=CCc1cc(-c2ccc(C(F)(F)F)cc2)c2c(n1)CCCC2. The van der Waals surface area contributed by atoms with Gasteiger partial charge >= 0.3 is 6.18 Å². The molecule has 1 heterocycles. The van der Waals surface area contributed by atoms with Gasteiger partial charge in [-0.05, 0) is 60.6 Å².